The molecule has 0 amide bonds. The molecule has 0 unspecified atom stereocenters. The van der Waals surface area contributed by atoms with E-state index in [-0.39, 0.29) is 11.3 Å². The zero-order chi connectivity index (χ0) is 21.8. The van der Waals surface area contributed by atoms with E-state index in [1.165, 1.54) is 33.5 Å². The van der Waals surface area contributed by atoms with Crippen molar-refractivity contribution in [1.29, 1.82) is 0 Å². The van der Waals surface area contributed by atoms with E-state index in [0.29, 0.717) is 41.2 Å². The van der Waals surface area contributed by atoms with E-state index >= 15 is 0 Å². The third-order valence-electron chi connectivity index (χ3n) is 5.28. The molecule has 0 spiro atoms. The van der Waals surface area contributed by atoms with E-state index in [9.17, 15) is 15.0 Å². The maximum Gasteiger partial charge on any atom is 0.203 e. The highest BCUT2D eigenvalue weighted by Crippen LogP contribution is 2.46. The number of hydrogen-bond donors (Lipinski definition) is 2. The number of methoxy groups -OCH3 is 4. The van der Waals surface area contributed by atoms with Gasteiger partial charge in [0.05, 0.1) is 34.0 Å². The summed E-state index contributed by atoms with van der Waals surface area (Å²) >= 11 is 0. The van der Waals surface area contributed by atoms with Crippen LogP contribution in [0.15, 0.2) is 24.3 Å². The number of allylic oxidation sites excluding steroid dienone is 2. The largest absolute Gasteiger partial charge is 0.504 e. The van der Waals surface area contributed by atoms with E-state index in [0.717, 1.165) is 18.4 Å². The first kappa shape index (κ1) is 21.4. The molecule has 2 N–H and O–H groups in total. The summed E-state index contributed by atoms with van der Waals surface area (Å²) in [4.78, 5) is 13.5. The van der Waals surface area contributed by atoms with Crippen molar-refractivity contribution in [1.82, 2.24) is 0 Å². The van der Waals surface area contributed by atoms with Crippen LogP contribution in [0, 0.1) is 0 Å². The SMILES string of the molecule is COc1ccc(C(=O)/C2=C/CCCCc3c2cc(OC)c(OC)c3OC)c(O)c1O. The summed E-state index contributed by atoms with van der Waals surface area (Å²) in [6.45, 7) is 0. The molecule has 7 heteroatoms. The van der Waals surface area contributed by atoms with Gasteiger partial charge in [-0.15, -0.1) is 0 Å². The predicted molar refractivity (Wildman–Crippen MR) is 112 cm³/mol. The van der Waals surface area contributed by atoms with E-state index in [2.05, 4.69) is 0 Å². The van der Waals surface area contributed by atoms with Crippen molar-refractivity contribution in [2.75, 3.05) is 28.4 Å². The number of phenolic OH excluding ortho intramolecular Hbond substituents is 2. The lowest BCUT2D eigenvalue weighted by molar-refractivity contribution is 0.105. The number of ether oxygens (including phenoxy) is 4. The molecule has 2 aromatic rings. The summed E-state index contributed by atoms with van der Waals surface area (Å²) in [6, 6.07) is 4.64. The summed E-state index contributed by atoms with van der Waals surface area (Å²) in [5.74, 6) is 0.114. The number of carbonyl (C=O) groups excluding carboxylic acids is 1. The van der Waals surface area contributed by atoms with Crippen molar-refractivity contribution in [3.05, 3.63) is 41.0 Å². The standard InChI is InChI=1S/C23H26O7/c1-27-17-11-10-15(20(25)21(17)26)19(24)13-8-6-5-7-9-14-16(13)12-18(28-2)23(30-4)22(14)29-3/h8,10-12,25-26H,5-7,9H2,1-4H3/b13-8+. The molecule has 0 radical (unpaired) electrons. The zero-order valence-electron chi connectivity index (χ0n) is 17.6. The van der Waals surface area contributed by atoms with Gasteiger partial charge in [0, 0.05) is 11.1 Å². The number of ketones is 1. The summed E-state index contributed by atoms with van der Waals surface area (Å²) in [5, 5.41) is 20.6. The maximum absolute atomic E-state index is 13.5. The van der Waals surface area contributed by atoms with Crippen LogP contribution in [-0.4, -0.2) is 44.4 Å². The molecule has 7 nitrogen and oxygen atoms in total. The van der Waals surface area contributed by atoms with Crippen LogP contribution in [0.3, 0.4) is 0 Å². The van der Waals surface area contributed by atoms with Gasteiger partial charge in [-0.3, -0.25) is 4.79 Å². The fourth-order valence-electron chi connectivity index (χ4n) is 3.78. The van der Waals surface area contributed by atoms with Gasteiger partial charge in [0.2, 0.25) is 11.5 Å². The van der Waals surface area contributed by atoms with Gasteiger partial charge in [-0.05, 0) is 49.4 Å². The molecule has 0 saturated heterocycles. The number of carbonyl (C=O) groups is 1. The molecular weight excluding hydrogens is 388 g/mol. The summed E-state index contributed by atoms with van der Waals surface area (Å²) < 4.78 is 21.6. The molecule has 0 aliphatic heterocycles. The Bertz CT molecular complexity index is 992. The highest BCUT2D eigenvalue weighted by molar-refractivity contribution is 6.30. The van der Waals surface area contributed by atoms with Crippen molar-refractivity contribution < 1.29 is 34.0 Å². The molecular formula is C23H26O7. The molecule has 1 aliphatic rings. The number of rotatable bonds is 6. The average Bonchev–Trinajstić information content (AvgIpc) is 2.74. The molecule has 2 aromatic carbocycles. The molecule has 0 aromatic heterocycles. The average molecular weight is 414 g/mol. The van der Waals surface area contributed by atoms with Crippen LogP contribution in [0.1, 0.15) is 40.7 Å². The number of Topliss-reactive ketones (excluding diaryl/α,β-unsaturated/α-hetero) is 1. The Hall–Kier alpha value is -3.35. The van der Waals surface area contributed by atoms with Crippen LogP contribution in [0.4, 0.5) is 0 Å². The quantitative estimate of drug-likeness (QED) is 0.542. The zero-order valence-corrected chi connectivity index (χ0v) is 17.6. The van der Waals surface area contributed by atoms with Crippen LogP contribution < -0.4 is 18.9 Å². The van der Waals surface area contributed by atoms with Gasteiger partial charge in [-0.25, -0.2) is 0 Å². The third kappa shape index (κ3) is 3.63. The van der Waals surface area contributed by atoms with Gasteiger partial charge in [0.15, 0.2) is 28.8 Å². The predicted octanol–water partition coefficient (Wildman–Crippen LogP) is 4.12. The van der Waals surface area contributed by atoms with E-state index in [4.69, 9.17) is 18.9 Å². The minimum atomic E-state index is -0.517. The van der Waals surface area contributed by atoms with Crippen LogP contribution >= 0.6 is 0 Å². The van der Waals surface area contributed by atoms with Crippen molar-refractivity contribution in [2.45, 2.75) is 25.7 Å². The summed E-state index contributed by atoms with van der Waals surface area (Å²) in [6.07, 6.45) is 5.08. The summed E-state index contributed by atoms with van der Waals surface area (Å²) in [5.41, 5.74) is 1.89. The maximum atomic E-state index is 13.5. The number of phenols is 2. The Kier molecular flexibility index (Phi) is 6.40. The third-order valence-corrected chi connectivity index (χ3v) is 5.28. The first-order valence-corrected chi connectivity index (χ1v) is 9.64. The fraction of sp³-hybridized carbons (Fsp3) is 0.348. The normalized spacial score (nSPS) is 15.1. The van der Waals surface area contributed by atoms with E-state index in [1.54, 1.807) is 13.2 Å². The highest BCUT2D eigenvalue weighted by atomic mass is 16.5. The van der Waals surface area contributed by atoms with Crippen molar-refractivity contribution in [2.24, 2.45) is 0 Å². The van der Waals surface area contributed by atoms with Crippen molar-refractivity contribution in [3.8, 4) is 34.5 Å². The molecule has 160 valence electrons. The first-order valence-electron chi connectivity index (χ1n) is 9.64. The molecule has 0 atom stereocenters. The smallest absolute Gasteiger partial charge is 0.203 e. The van der Waals surface area contributed by atoms with Gasteiger partial charge >= 0.3 is 0 Å². The summed E-state index contributed by atoms with van der Waals surface area (Å²) in [7, 11) is 5.98. The lowest BCUT2D eigenvalue weighted by Crippen LogP contribution is -2.10. The van der Waals surface area contributed by atoms with Crippen molar-refractivity contribution in [3.63, 3.8) is 0 Å². The Balaban J connectivity index is 2.22. The van der Waals surface area contributed by atoms with Gasteiger partial charge < -0.3 is 29.2 Å². The fourth-order valence-corrected chi connectivity index (χ4v) is 3.78. The second kappa shape index (κ2) is 8.98. The van der Waals surface area contributed by atoms with Gasteiger partial charge in [0.25, 0.3) is 0 Å². The Morgan fingerprint density at radius 3 is 2.20 bits per heavy atom. The van der Waals surface area contributed by atoms with Gasteiger partial charge in [-0.2, -0.15) is 0 Å². The molecule has 3 rings (SSSR count). The monoisotopic (exact) mass is 414 g/mol. The number of hydrogen-bond acceptors (Lipinski definition) is 7. The lowest BCUT2D eigenvalue weighted by atomic mass is 9.86. The molecule has 0 fully saturated rings. The Labute approximate surface area is 175 Å². The first-order chi connectivity index (χ1) is 14.5. The molecule has 0 saturated carbocycles. The molecule has 0 bridgehead atoms. The van der Waals surface area contributed by atoms with E-state index < -0.39 is 17.3 Å². The number of fused-ring (bicyclic) bond motifs is 1. The second-order valence-electron chi connectivity index (χ2n) is 6.88. The topological polar surface area (TPSA) is 94.5 Å². The van der Waals surface area contributed by atoms with Crippen LogP contribution in [0.5, 0.6) is 34.5 Å². The molecule has 1 aliphatic carbocycles. The minimum absolute atomic E-state index is 0.0141. The van der Waals surface area contributed by atoms with Gasteiger partial charge in [-0.1, -0.05) is 6.08 Å². The van der Waals surface area contributed by atoms with Crippen LogP contribution in [0.25, 0.3) is 5.57 Å². The van der Waals surface area contributed by atoms with Crippen LogP contribution in [-0.2, 0) is 6.42 Å². The minimum Gasteiger partial charge on any atom is -0.504 e. The lowest BCUT2D eigenvalue weighted by Gasteiger charge is -2.22. The van der Waals surface area contributed by atoms with Gasteiger partial charge in [0.1, 0.15) is 0 Å². The molecule has 30 heavy (non-hydrogen) atoms. The van der Waals surface area contributed by atoms with Crippen molar-refractivity contribution >= 4 is 11.4 Å². The Morgan fingerprint density at radius 1 is 0.867 bits per heavy atom. The van der Waals surface area contributed by atoms with E-state index in [1.807, 2.05) is 6.08 Å². The van der Waals surface area contributed by atoms with Crippen LogP contribution in [0.2, 0.25) is 0 Å². The second-order valence-corrected chi connectivity index (χ2v) is 6.88. The number of aromatic hydroxyl groups is 2. The Morgan fingerprint density at radius 2 is 1.57 bits per heavy atom. The number of benzene rings is 2. The highest BCUT2D eigenvalue weighted by Gasteiger charge is 2.28. The molecule has 0 heterocycles.